The summed E-state index contributed by atoms with van der Waals surface area (Å²) in [7, 11) is -3.77. The van der Waals surface area contributed by atoms with Crippen LogP contribution in [0.3, 0.4) is 0 Å². The van der Waals surface area contributed by atoms with Crippen molar-refractivity contribution in [3.05, 3.63) is 23.5 Å². The van der Waals surface area contributed by atoms with Gasteiger partial charge in [0, 0.05) is 11.7 Å². The summed E-state index contributed by atoms with van der Waals surface area (Å²) in [5, 5.41) is 0.432. The van der Waals surface area contributed by atoms with E-state index >= 15 is 0 Å². The second-order valence-corrected chi connectivity index (χ2v) is 12.8. The summed E-state index contributed by atoms with van der Waals surface area (Å²) in [5.41, 5.74) is 10.2. The van der Waals surface area contributed by atoms with E-state index in [0.717, 1.165) is 0 Å². The maximum absolute atomic E-state index is 10.5. The molecule has 0 spiro atoms. The minimum Gasteiger partial charge on any atom is -0.343 e. The highest BCUT2D eigenvalue weighted by Crippen LogP contribution is 2.31. The van der Waals surface area contributed by atoms with Crippen LogP contribution >= 0.6 is 19.1 Å². The van der Waals surface area contributed by atoms with Gasteiger partial charge in [-0.3, -0.25) is 4.57 Å². The minimum atomic E-state index is -2.57. The number of rotatable bonds is 4. The minimum absolute atomic E-state index is 0.413. The lowest BCUT2D eigenvalue weighted by molar-refractivity contribution is 0.508. The summed E-state index contributed by atoms with van der Waals surface area (Å²) < 4.78 is 10.5. The van der Waals surface area contributed by atoms with Gasteiger partial charge < -0.3 is 16.4 Å². The molecule has 0 bridgehead atoms. The summed E-state index contributed by atoms with van der Waals surface area (Å²) in [4.78, 5) is 8.69. The van der Waals surface area contributed by atoms with Crippen molar-refractivity contribution >= 4 is 26.5 Å². The van der Waals surface area contributed by atoms with Crippen molar-refractivity contribution < 1.29 is 9.46 Å². The van der Waals surface area contributed by atoms with Gasteiger partial charge in [-0.2, -0.15) is 11.1 Å². The first-order valence-electron chi connectivity index (χ1n) is 6.59. The van der Waals surface area contributed by atoms with E-state index in [0.29, 0.717) is 11.7 Å². The van der Waals surface area contributed by atoms with E-state index in [1.807, 2.05) is 0 Å². The van der Waals surface area contributed by atoms with Gasteiger partial charge in [-0.15, -0.1) is 0 Å². The third kappa shape index (κ3) is 7.44. The molecular weight excluding hydrogens is 299 g/mol. The van der Waals surface area contributed by atoms with Crippen LogP contribution in [-0.4, -0.2) is 17.9 Å². The average molecular weight is 325 g/mol. The molecule has 0 aromatic rings. The van der Waals surface area contributed by atoms with Crippen molar-refractivity contribution in [1.29, 1.82) is 0 Å². The SMILES string of the molecule is CC[Si](Cl)(CC)CC.NC1(N)C=CC([PH](=O)O)=CC1. The first kappa shape index (κ1) is 19.1. The van der Waals surface area contributed by atoms with Crippen LogP contribution in [0.2, 0.25) is 18.1 Å². The molecule has 1 aliphatic carbocycles. The van der Waals surface area contributed by atoms with Gasteiger partial charge in [0.15, 0.2) is 7.38 Å². The highest BCUT2D eigenvalue weighted by Gasteiger charge is 2.22. The van der Waals surface area contributed by atoms with Crippen LogP contribution in [-0.2, 0) is 4.57 Å². The van der Waals surface area contributed by atoms with E-state index in [1.54, 1.807) is 12.2 Å². The van der Waals surface area contributed by atoms with Gasteiger partial charge in [-0.25, -0.2) is 0 Å². The van der Waals surface area contributed by atoms with Crippen LogP contribution in [0.5, 0.6) is 0 Å². The Labute approximate surface area is 122 Å². The molecule has 112 valence electrons. The van der Waals surface area contributed by atoms with Crippen LogP contribution in [0, 0.1) is 0 Å². The molecule has 0 radical (unpaired) electrons. The molecule has 0 aromatic heterocycles. The van der Waals surface area contributed by atoms with Gasteiger partial charge in [0.25, 0.3) is 0 Å². The Morgan fingerprint density at radius 2 is 1.84 bits per heavy atom. The van der Waals surface area contributed by atoms with Gasteiger partial charge in [-0.1, -0.05) is 32.9 Å². The van der Waals surface area contributed by atoms with Crippen molar-refractivity contribution in [2.24, 2.45) is 11.5 Å². The molecule has 0 aliphatic heterocycles. The summed E-state index contributed by atoms with van der Waals surface area (Å²) in [5.74, 6) is 0. The zero-order chi connectivity index (χ0) is 15.1. The standard InChI is InChI=1S/C6H15ClSi.C6H11N2O2P/c1-4-8(7,5-2)6-3;7-6(8)3-1-5(2-4-6)11(9)10/h4-6H2,1-3H3;1-3,11H,4,7-8H2,(H,9,10). The van der Waals surface area contributed by atoms with Gasteiger partial charge in [-0.05, 0) is 24.2 Å². The van der Waals surface area contributed by atoms with E-state index in [-0.39, 0.29) is 0 Å². The molecule has 5 N–H and O–H groups in total. The molecule has 19 heavy (non-hydrogen) atoms. The van der Waals surface area contributed by atoms with Crippen molar-refractivity contribution in [3.63, 3.8) is 0 Å². The predicted molar refractivity (Wildman–Crippen MR) is 87.2 cm³/mol. The van der Waals surface area contributed by atoms with Crippen LogP contribution in [0.1, 0.15) is 27.2 Å². The fourth-order valence-electron chi connectivity index (χ4n) is 1.58. The van der Waals surface area contributed by atoms with Crippen LogP contribution in [0.4, 0.5) is 0 Å². The van der Waals surface area contributed by atoms with Crippen LogP contribution in [0.25, 0.3) is 0 Å². The van der Waals surface area contributed by atoms with Gasteiger partial charge in [0.05, 0.1) is 5.66 Å². The molecule has 4 nitrogen and oxygen atoms in total. The first-order chi connectivity index (χ1) is 8.69. The number of allylic oxidation sites excluding steroid dienone is 2. The zero-order valence-electron chi connectivity index (χ0n) is 11.9. The lowest BCUT2D eigenvalue weighted by Gasteiger charge is -2.21. The Hall–Kier alpha value is 0.0969. The summed E-state index contributed by atoms with van der Waals surface area (Å²) in [6.07, 6.45) is 5.06. The van der Waals surface area contributed by atoms with E-state index in [4.69, 9.17) is 27.4 Å². The van der Waals surface area contributed by atoms with Crippen molar-refractivity contribution in [2.75, 3.05) is 0 Å². The lowest BCUT2D eigenvalue weighted by Crippen LogP contribution is -2.47. The Morgan fingerprint density at radius 1 is 1.37 bits per heavy atom. The Morgan fingerprint density at radius 3 is 2.05 bits per heavy atom. The number of halogens is 1. The largest absolute Gasteiger partial charge is 0.343 e. The zero-order valence-corrected chi connectivity index (χ0v) is 14.7. The van der Waals surface area contributed by atoms with E-state index in [9.17, 15) is 4.57 Å². The fourth-order valence-corrected chi connectivity index (χ4v) is 3.58. The summed E-state index contributed by atoms with van der Waals surface area (Å²) >= 11 is 6.23. The smallest absolute Gasteiger partial charge is 0.217 e. The van der Waals surface area contributed by atoms with E-state index in [2.05, 4.69) is 20.8 Å². The summed E-state index contributed by atoms with van der Waals surface area (Å²) in [6.45, 7) is 6.60. The molecule has 0 saturated carbocycles. The Balaban J connectivity index is 0.000000362. The average Bonchev–Trinajstić information content (AvgIpc) is 2.38. The molecule has 7 heteroatoms. The number of nitrogens with two attached hydrogens (primary N) is 2. The molecule has 0 saturated heterocycles. The van der Waals surface area contributed by atoms with Crippen molar-refractivity contribution in [3.8, 4) is 0 Å². The van der Waals surface area contributed by atoms with Crippen molar-refractivity contribution in [1.82, 2.24) is 0 Å². The normalized spacial score (nSPS) is 19.2. The highest BCUT2D eigenvalue weighted by molar-refractivity contribution is 7.43. The van der Waals surface area contributed by atoms with Gasteiger partial charge in [0.1, 0.15) is 0 Å². The second kappa shape index (κ2) is 8.40. The molecule has 1 atom stereocenters. The topological polar surface area (TPSA) is 89.3 Å². The molecular formula is C12H26ClN2O2PSi. The monoisotopic (exact) mass is 324 g/mol. The van der Waals surface area contributed by atoms with Crippen molar-refractivity contribution in [2.45, 2.75) is 51.0 Å². The molecule has 0 heterocycles. The van der Waals surface area contributed by atoms with Gasteiger partial charge >= 0.3 is 0 Å². The quantitative estimate of drug-likeness (QED) is 0.321. The Bertz CT molecular complexity index is 360. The Kier molecular flexibility index (Phi) is 8.44. The molecule has 1 unspecified atom stereocenters. The molecule has 1 aliphatic rings. The predicted octanol–water partition coefficient (Wildman–Crippen LogP) is 3.14. The number of hydrogen-bond donors (Lipinski definition) is 3. The maximum Gasteiger partial charge on any atom is 0.217 e. The summed E-state index contributed by atoms with van der Waals surface area (Å²) in [6, 6.07) is 3.67. The first-order valence-corrected chi connectivity index (χ1v) is 11.6. The fraction of sp³-hybridized carbons (Fsp3) is 0.667. The maximum atomic E-state index is 10.5. The third-order valence-electron chi connectivity index (χ3n) is 3.40. The van der Waals surface area contributed by atoms with Crippen LogP contribution < -0.4 is 11.5 Å². The second-order valence-electron chi connectivity index (χ2n) is 4.83. The molecule has 0 aromatic carbocycles. The lowest BCUT2D eigenvalue weighted by atomic mass is 10.0. The highest BCUT2D eigenvalue weighted by atomic mass is 35.6. The van der Waals surface area contributed by atoms with E-state index < -0.39 is 21.1 Å². The van der Waals surface area contributed by atoms with Crippen LogP contribution in [0.15, 0.2) is 23.5 Å². The van der Waals surface area contributed by atoms with E-state index in [1.165, 1.54) is 24.2 Å². The molecule has 1 rings (SSSR count). The molecule has 0 amide bonds. The molecule has 0 fully saturated rings. The number of hydrogen-bond acceptors (Lipinski definition) is 3. The van der Waals surface area contributed by atoms with Gasteiger partial charge in [0.2, 0.25) is 8.03 Å². The third-order valence-corrected chi connectivity index (χ3v) is 10.5.